The molecule has 0 saturated carbocycles. The van der Waals surface area contributed by atoms with Gasteiger partial charge in [0.05, 0.1) is 21.3 Å². The van der Waals surface area contributed by atoms with Crippen molar-refractivity contribution in [2.75, 3.05) is 11.9 Å². The summed E-state index contributed by atoms with van der Waals surface area (Å²) in [5.41, 5.74) is 0.726. The highest BCUT2D eigenvalue weighted by atomic mass is 35.5. The summed E-state index contributed by atoms with van der Waals surface area (Å²) in [6.45, 7) is 0.466. The summed E-state index contributed by atoms with van der Waals surface area (Å²) in [6, 6.07) is 8.87. The second kappa shape index (κ2) is 8.05. The molecule has 3 rings (SSSR count). The van der Waals surface area contributed by atoms with Gasteiger partial charge in [-0.2, -0.15) is 0 Å². The van der Waals surface area contributed by atoms with E-state index in [1.807, 2.05) is 0 Å². The molecule has 26 heavy (non-hydrogen) atoms. The first kappa shape index (κ1) is 19.3. The lowest BCUT2D eigenvalue weighted by Gasteiger charge is -2.24. The van der Waals surface area contributed by atoms with Gasteiger partial charge in [0.2, 0.25) is 5.91 Å². The number of nitrogens with one attached hydrogen (secondary N) is 1. The van der Waals surface area contributed by atoms with Crippen LogP contribution in [0.2, 0.25) is 20.1 Å². The van der Waals surface area contributed by atoms with Gasteiger partial charge >= 0.3 is 0 Å². The van der Waals surface area contributed by atoms with Gasteiger partial charge in [0.25, 0.3) is 5.91 Å². The summed E-state index contributed by atoms with van der Waals surface area (Å²) >= 11 is 24.1. The normalized spacial score (nSPS) is 16.6. The molecule has 0 spiro atoms. The Kier molecular flexibility index (Phi) is 5.98. The third-order valence-corrected chi connectivity index (χ3v) is 5.28. The van der Waals surface area contributed by atoms with Crippen LogP contribution >= 0.6 is 46.4 Å². The summed E-state index contributed by atoms with van der Waals surface area (Å²) in [7, 11) is 0. The Labute approximate surface area is 171 Å². The van der Waals surface area contributed by atoms with Crippen molar-refractivity contribution in [3.05, 3.63) is 62.1 Å². The molecular formula is C18H14Cl4N2O2. The van der Waals surface area contributed by atoms with E-state index in [-0.39, 0.29) is 17.4 Å². The maximum absolute atomic E-state index is 12.9. The molecule has 1 fully saturated rings. The quantitative estimate of drug-likeness (QED) is 0.693. The molecule has 136 valence electrons. The fraction of sp³-hybridized carbons (Fsp3) is 0.222. The maximum Gasteiger partial charge on any atom is 0.256 e. The first-order valence-corrected chi connectivity index (χ1v) is 9.40. The summed E-state index contributed by atoms with van der Waals surface area (Å²) in [5, 5.41) is 4.27. The van der Waals surface area contributed by atoms with Crippen LogP contribution in [0.4, 0.5) is 5.69 Å². The topological polar surface area (TPSA) is 49.4 Å². The van der Waals surface area contributed by atoms with Crippen molar-refractivity contribution in [1.29, 1.82) is 0 Å². The Morgan fingerprint density at radius 2 is 1.65 bits per heavy atom. The van der Waals surface area contributed by atoms with Crippen molar-refractivity contribution in [2.24, 2.45) is 0 Å². The molecule has 0 aliphatic carbocycles. The molecule has 8 heteroatoms. The van der Waals surface area contributed by atoms with Crippen LogP contribution in [0.3, 0.4) is 0 Å². The van der Waals surface area contributed by atoms with E-state index in [0.717, 1.165) is 6.42 Å². The summed E-state index contributed by atoms with van der Waals surface area (Å²) in [6.07, 6.45) is 1.28. The standard InChI is InChI=1S/C18H14Cl4N2O2/c19-10-3-5-13(21)12(8-10)18(26)24-7-1-2-16(24)17(25)23-15-6-4-11(20)9-14(15)22/h3-6,8-9,16H,1-2,7H2,(H,23,25). The van der Waals surface area contributed by atoms with Gasteiger partial charge in [-0.25, -0.2) is 0 Å². The number of carbonyl (C=O) groups excluding carboxylic acids is 2. The molecule has 1 atom stereocenters. The summed E-state index contributed by atoms with van der Waals surface area (Å²) < 4.78 is 0. The maximum atomic E-state index is 12.9. The molecule has 1 unspecified atom stereocenters. The highest BCUT2D eigenvalue weighted by Gasteiger charge is 2.35. The zero-order valence-corrected chi connectivity index (χ0v) is 16.5. The number of halogens is 4. The van der Waals surface area contributed by atoms with Gasteiger partial charge in [-0.1, -0.05) is 46.4 Å². The predicted octanol–water partition coefficient (Wildman–Crippen LogP) is 5.54. The number of carbonyl (C=O) groups is 2. The Morgan fingerprint density at radius 3 is 2.38 bits per heavy atom. The predicted molar refractivity (Wildman–Crippen MR) is 106 cm³/mol. The molecule has 0 bridgehead atoms. The van der Waals surface area contributed by atoms with Crippen molar-refractivity contribution in [1.82, 2.24) is 4.90 Å². The van der Waals surface area contributed by atoms with Crippen LogP contribution in [0.1, 0.15) is 23.2 Å². The third-order valence-electron chi connectivity index (χ3n) is 4.16. The number of hydrogen-bond donors (Lipinski definition) is 1. The molecule has 2 aromatic carbocycles. The number of nitrogens with zero attached hydrogens (tertiary/aromatic N) is 1. The van der Waals surface area contributed by atoms with Crippen LogP contribution < -0.4 is 5.32 Å². The van der Waals surface area contributed by atoms with E-state index in [9.17, 15) is 9.59 Å². The van der Waals surface area contributed by atoms with Gasteiger partial charge in [0, 0.05) is 16.6 Å². The number of likely N-dealkylation sites (tertiary alicyclic amines) is 1. The molecule has 1 N–H and O–H groups in total. The number of anilines is 1. The van der Waals surface area contributed by atoms with Gasteiger partial charge in [-0.05, 0) is 49.2 Å². The molecule has 1 heterocycles. The highest BCUT2D eigenvalue weighted by Crippen LogP contribution is 2.29. The highest BCUT2D eigenvalue weighted by molar-refractivity contribution is 6.37. The molecule has 1 saturated heterocycles. The molecule has 2 aromatic rings. The minimum absolute atomic E-state index is 0.281. The number of rotatable bonds is 3. The zero-order chi connectivity index (χ0) is 18.8. The van der Waals surface area contributed by atoms with E-state index in [4.69, 9.17) is 46.4 Å². The van der Waals surface area contributed by atoms with E-state index < -0.39 is 6.04 Å². The Balaban J connectivity index is 1.80. The fourth-order valence-corrected chi connectivity index (χ4v) is 3.73. The van der Waals surface area contributed by atoms with Crippen LogP contribution in [0.15, 0.2) is 36.4 Å². The second-order valence-electron chi connectivity index (χ2n) is 5.89. The fourth-order valence-electron chi connectivity index (χ4n) is 2.91. The van der Waals surface area contributed by atoms with E-state index >= 15 is 0 Å². The SMILES string of the molecule is O=C(Nc1ccc(Cl)cc1Cl)C1CCCN1C(=O)c1cc(Cl)ccc1Cl. The lowest BCUT2D eigenvalue weighted by molar-refractivity contribution is -0.119. The lowest BCUT2D eigenvalue weighted by atomic mass is 10.1. The summed E-state index contributed by atoms with van der Waals surface area (Å²) in [5.74, 6) is -0.629. The third kappa shape index (κ3) is 4.09. The van der Waals surface area contributed by atoms with Crippen molar-refractivity contribution >= 4 is 63.9 Å². The Morgan fingerprint density at radius 1 is 0.962 bits per heavy atom. The van der Waals surface area contributed by atoms with Gasteiger partial charge in [0.1, 0.15) is 6.04 Å². The zero-order valence-electron chi connectivity index (χ0n) is 13.4. The minimum Gasteiger partial charge on any atom is -0.327 e. The van der Waals surface area contributed by atoms with E-state index in [2.05, 4.69) is 5.32 Å². The minimum atomic E-state index is -0.607. The van der Waals surface area contributed by atoms with Gasteiger partial charge < -0.3 is 10.2 Å². The number of benzene rings is 2. The molecular weight excluding hydrogens is 418 g/mol. The Bertz CT molecular complexity index is 872. The molecule has 0 radical (unpaired) electrons. The van der Waals surface area contributed by atoms with Gasteiger partial charge in [-0.15, -0.1) is 0 Å². The van der Waals surface area contributed by atoms with Crippen molar-refractivity contribution in [3.8, 4) is 0 Å². The van der Waals surface area contributed by atoms with Crippen molar-refractivity contribution < 1.29 is 9.59 Å². The number of amides is 2. The monoisotopic (exact) mass is 430 g/mol. The van der Waals surface area contributed by atoms with Crippen LogP contribution in [-0.4, -0.2) is 29.3 Å². The van der Waals surface area contributed by atoms with Gasteiger partial charge in [0.15, 0.2) is 0 Å². The van der Waals surface area contributed by atoms with Gasteiger partial charge in [-0.3, -0.25) is 9.59 Å². The Hall–Kier alpha value is -1.46. The molecule has 4 nitrogen and oxygen atoms in total. The molecule has 2 amide bonds. The molecule has 1 aliphatic rings. The summed E-state index contributed by atoms with van der Waals surface area (Å²) in [4.78, 5) is 27.1. The van der Waals surface area contributed by atoms with E-state index in [0.29, 0.717) is 38.7 Å². The molecule has 0 aromatic heterocycles. The lowest BCUT2D eigenvalue weighted by Crippen LogP contribution is -2.43. The first-order chi connectivity index (χ1) is 12.4. The average Bonchev–Trinajstić information content (AvgIpc) is 3.08. The van der Waals surface area contributed by atoms with Crippen LogP contribution in [0, 0.1) is 0 Å². The van der Waals surface area contributed by atoms with Crippen LogP contribution in [0.5, 0.6) is 0 Å². The number of hydrogen-bond acceptors (Lipinski definition) is 2. The van der Waals surface area contributed by atoms with E-state index in [1.165, 1.54) is 11.0 Å². The second-order valence-corrected chi connectivity index (χ2v) is 7.58. The first-order valence-electron chi connectivity index (χ1n) is 7.89. The van der Waals surface area contributed by atoms with Crippen LogP contribution in [0.25, 0.3) is 0 Å². The van der Waals surface area contributed by atoms with Crippen molar-refractivity contribution in [3.63, 3.8) is 0 Å². The van der Waals surface area contributed by atoms with Crippen molar-refractivity contribution in [2.45, 2.75) is 18.9 Å². The van der Waals surface area contributed by atoms with E-state index in [1.54, 1.807) is 30.3 Å². The average molecular weight is 432 g/mol. The molecule has 1 aliphatic heterocycles. The van der Waals surface area contributed by atoms with Crippen LogP contribution in [-0.2, 0) is 4.79 Å². The largest absolute Gasteiger partial charge is 0.327 e. The smallest absolute Gasteiger partial charge is 0.256 e.